The van der Waals surface area contributed by atoms with Crippen molar-refractivity contribution < 1.29 is 0 Å². The van der Waals surface area contributed by atoms with Gasteiger partial charge in [-0.1, -0.05) is 44.2 Å². The van der Waals surface area contributed by atoms with Crippen LogP contribution in [0.3, 0.4) is 0 Å². The van der Waals surface area contributed by atoms with E-state index in [0.717, 1.165) is 13.0 Å². The molecule has 0 saturated carbocycles. The van der Waals surface area contributed by atoms with Crippen molar-refractivity contribution in [3.8, 4) is 0 Å². The first-order chi connectivity index (χ1) is 8.60. The summed E-state index contributed by atoms with van der Waals surface area (Å²) in [5, 5.41) is 7.59. The predicted octanol–water partition coefficient (Wildman–Crippen LogP) is 3.17. The highest BCUT2D eigenvalue weighted by molar-refractivity contribution is 5.77. The predicted molar refractivity (Wildman–Crippen MR) is 77.8 cm³/mol. The van der Waals surface area contributed by atoms with Gasteiger partial charge in [0.05, 0.1) is 5.84 Å². The van der Waals surface area contributed by atoms with Gasteiger partial charge in [0.15, 0.2) is 0 Å². The molecule has 2 atom stereocenters. The number of nitrogens with one attached hydrogen (secondary N) is 1. The lowest BCUT2D eigenvalue weighted by Crippen LogP contribution is -2.38. The first-order valence-electron chi connectivity index (χ1n) is 6.73. The average molecular weight is 247 g/mol. The molecule has 0 aromatic heterocycles. The molecular weight excluding hydrogens is 222 g/mol. The van der Waals surface area contributed by atoms with Crippen LogP contribution < -0.4 is 5.73 Å². The van der Waals surface area contributed by atoms with Gasteiger partial charge in [-0.15, -0.1) is 0 Å². The lowest BCUT2D eigenvalue weighted by atomic mass is 9.99. The number of hydrogen-bond donors (Lipinski definition) is 2. The normalized spacial score (nSPS) is 14.4. The largest absolute Gasteiger partial charge is 0.388 e. The molecule has 0 saturated heterocycles. The monoisotopic (exact) mass is 247 g/mol. The number of hydrogen-bond acceptors (Lipinski definition) is 2. The second-order valence-electron chi connectivity index (χ2n) is 4.74. The first kappa shape index (κ1) is 14.7. The maximum atomic E-state index is 7.59. The first-order valence-corrected chi connectivity index (χ1v) is 6.73. The van der Waals surface area contributed by atoms with E-state index in [1.165, 1.54) is 5.56 Å². The van der Waals surface area contributed by atoms with Gasteiger partial charge < -0.3 is 5.73 Å². The topological polar surface area (TPSA) is 53.1 Å². The standard InChI is InChI=1S/C15H25N3/c1-4-12(3)18(5-2)14(11-15(16)17)13-9-7-6-8-10-13/h6-10,12,14H,4-5,11H2,1-3H3,(H3,16,17). The zero-order valence-corrected chi connectivity index (χ0v) is 11.7. The zero-order valence-electron chi connectivity index (χ0n) is 11.7. The van der Waals surface area contributed by atoms with E-state index < -0.39 is 0 Å². The van der Waals surface area contributed by atoms with E-state index in [-0.39, 0.29) is 11.9 Å². The maximum Gasteiger partial charge on any atom is 0.0924 e. The molecule has 0 radical (unpaired) electrons. The van der Waals surface area contributed by atoms with Crippen LogP contribution in [0.2, 0.25) is 0 Å². The molecule has 2 unspecified atom stereocenters. The summed E-state index contributed by atoms with van der Waals surface area (Å²) in [5.74, 6) is 0.255. The third-order valence-corrected chi connectivity index (χ3v) is 3.52. The van der Waals surface area contributed by atoms with E-state index in [9.17, 15) is 0 Å². The van der Waals surface area contributed by atoms with Crippen LogP contribution in [0.25, 0.3) is 0 Å². The minimum atomic E-state index is 0.212. The van der Waals surface area contributed by atoms with Gasteiger partial charge in [0.25, 0.3) is 0 Å². The summed E-state index contributed by atoms with van der Waals surface area (Å²) in [4.78, 5) is 2.43. The van der Waals surface area contributed by atoms with Gasteiger partial charge in [-0.3, -0.25) is 10.3 Å². The molecule has 1 rings (SSSR count). The van der Waals surface area contributed by atoms with Gasteiger partial charge in [0.2, 0.25) is 0 Å². The summed E-state index contributed by atoms with van der Waals surface area (Å²) in [6.45, 7) is 7.58. The maximum absolute atomic E-state index is 7.59. The molecule has 100 valence electrons. The third-order valence-electron chi connectivity index (χ3n) is 3.52. The SMILES string of the molecule is CCC(C)N(CC)C(CC(=N)N)c1ccccc1. The number of rotatable bonds is 7. The highest BCUT2D eigenvalue weighted by atomic mass is 15.2. The van der Waals surface area contributed by atoms with Gasteiger partial charge in [-0.25, -0.2) is 0 Å². The van der Waals surface area contributed by atoms with Gasteiger partial charge >= 0.3 is 0 Å². The molecular formula is C15H25N3. The molecule has 3 nitrogen and oxygen atoms in total. The Labute approximate surface area is 111 Å². The summed E-state index contributed by atoms with van der Waals surface area (Å²) in [7, 11) is 0. The summed E-state index contributed by atoms with van der Waals surface area (Å²) in [6.07, 6.45) is 1.71. The van der Waals surface area contributed by atoms with E-state index in [4.69, 9.17) is 11.1 Å². The number of nitrogens with two attached hydrogens (primary N) is 1. The molecule has 18 heavy (non-hydrogen) atoms. The second-order valence-corrected chi connectivity index (χ2v) is 4.74. The van der Waals surface area contributed by atoms with E-state index >= 15 is 0 Å². The van der Waals surface area contributed by atoms with E-state index in [1.807, 2.05) is 18.2 Å². The summed E-state index contributed by atoms with van der Waals surface area (Å²) in [6, 6.07) is 11.1. The Bertz CT molecular complexity index is 361. The van der Waals surface area contributed by atoms with Crippen LogP contribution in [0, 0.1) is 5.41 Å². The number of nitrogens with zero attached hydrogens (tertiary/aromatic N) is 1. The van der Waals surface area contributed by atoms with Crippen LogP contribution in [-0.2, 0) is 0 Å². The molecule has 0 bridgehead atoms. The third kappa shape index (κ3) is 3.84. The molecule has 3 N–H and O–H groups in total. The molecule has 0 aliphatic rings. The number of amidine groups is 1. The minimum Gasteiger partial charge on any atom is -0.388 e. The van der Waals surface area contributed by atoms with Crippen molar-refractivity contribution in [1.82, 2.24) is 4.90 Å². The fraction of sp³-hybridized carbons (Fsp3) is 0.533. The Kier molecular flexibility index (Phi) is 5.86. The fourth-order valence-electron chi connectivity index (χ4n) is 2.38. The van der Waals surface area contributed by atoms with E-state index in [2.05, 4.69) is 37.8 Å². The van der Waals surface area contributed by atoms with Crippen LogP contribution in [0.15, 0.2) is 30.3 Å². The summed E-state index contributed by atoms with van der Waals surface area (Å²) in [5.41, 5.74) is 6.87. The molecule has 0 aliphatic carbocycles. The van der Waals surface area contributed by atoms with E-state index in [1.54, 1.807) is 0 Å². The van der Waals surface area contributed by atoms with Crippen LogP contribution in [0.4, 0.5) is 0 Å². The van der Waals surface area contributed by atoms with E-state index in [0.29, 0.717) is 12.5 Å². The van der Waals surface area contributed by atoms with Gasteiger partial charge in [-0.2, -0.15) is 0 Å². The van der Waals surface area contributed by atoms with Gasteiger partial charge in [-0.05, 0) is 25.5 Å². The molecule has 1 aromatic rings. The van der Waals surface area contributed by atoms with Crippen LogP contribution in [0.5, 0.6) is 0 Å². The Morgan fingerprint density at radius 1 is 1.28 bits per heavy atom. The molecule has 0 spiro atoms. The van der Waals surface area contributed by atoms with Crippen LogP contribution in [0.1, 0.15) is 45.2 Å². The molecule has 1 aromatic carbocycles. The fourth-order valence-corrected chi connectivity index (χ4v) is 2.38. The summed E-state index contributed by atoms with van der Waals surface area (Å²) < 4.78 is 0. The smallest absolute Gasteiger partial charge is 0.0924 e. The highest BCUT2D eigenvalue weighted by Gasteiger charge is 2.23. The Morgan fingerprint density at radius 2 is 1.89 bits per heavy atom. The molecule has 0 heterocycles. The number of benzene rings is 1. The van der Waals surface area contributed by atoms with Crippen molar-refractivity contribution in [3.63, 3.8) is 0 Å². The second kappa shape index (κ2) is 7.17. The van der Waals surface area contributed by atoms with Crippen molar-refractivity contribution >= 4 is 5.84 Å². The lowest BCUT2D eigenvalue weighted by Gasteiger charge is -2.35. The molecule has 0 fully saturated rings. The van der Waals surface area contributed by atoms with Crippen molar-refractivity contribution in [2.75, 3.05) is 6.54 Å². The van der Waals surface area contributed by atoms with Crippen LogP contribution in [-0.4, -0.2) is 23.3 Å². The summed E-state index contributed by atoms with van der Waals surface area (Å²) >= 11 is 0. The van der Waals surface area contributed by atoms with Gasteiger partial charge in [0.1, 0.15) is 0 Å². The Hall–Kier alpha value is -1.35. The van der Waals surface area contributed by atoms with Crippen molar-refractivity contribution in [2.24, 2.45) is 5.73 Å². The van der Waals surface area contributed by atoms with Crippen molar-refractivity contribution in [3.05, 3.63) is 35.9 Å². The van der Waals surface area contributed by atoms with Crippen molar-refractivity contribution in [1.29, 1.82) is 5.41 Å². The Morgan fingerprint density at radius 3 is 2.33 bits per heavy atom. The highest BCUT2D eigenvalue weighted by Crippen LogP contribution is 2.26. The zero-order chi connectivity index (χ0) is 13.5. The molecule has 3 heteroatoms. The minimum absolute atomic E-state index is 0.212. The van der Waals surface area contributed by atoms with Crippen LogP contribution >= 0.6 is 0 Å². The van der Waals surface area contributed by atoms with Crippen molar-refractivity contribution in [2.45, 2.75) is 45.7 Å². The molecule has 0 amide bonds. The quantitative estimate of drug-likeness (QED) is 0.574. The van der Waals surface area contributed by atoms with Gasteiger partial charge in [0, 0.05) is 18.5 Å². The Balaban J connectivity index is 3.00. The average Bonchev–Trinajstić information content (AvgIpc) is 2.38. The molecule has 0 aliphatic heterocycles. The lowest BCUT2D eigenvalue weighted by molar-refractivity contribution is 0.151.